The second kappa shape index (κ2) is 6.96. The Labute approximate surface area is 136 Å². The number of sulfonamides is 1. The van der Waals surface area contributed by atoms with Gasteiger partial charge in [-0.05, 0) is 39.0 Å². The summed E-state index contributed by atoms with van der Waals surface area (Å²) in [6.07, 6.45) is 0.212. The molecule has 0 aliphatic carbocycles. The van der Waals surface area contributed by atoms with E-state index in [1.165, 1.54) is 12.1 Å². The van der Waals surface area contributed by atoms with Gasteiger partial charge in [-0.2, -0.15) is 0 Å². The molecule has 8 heteroatoms. The third-order valence-electron chi connectivity index (χ3n) is 4.00. The summed E-state index contributed by atoms with van der Waals surface area (Å²) in [7, 11) is -3.79. The zero-order valence-corrected chi connectivity index (χ0v) is 14.4. The summed E-state index contributed by atoms with van der Waals surface area (Å²) in [5, 5.41) is 7.87. The summed E-state index contributed by atoms with van der Waals surface area (Å²) in [5.74, 6) is -0.159. The van der Waals surface area contributed by atoms with Crippen LogP contribution in [0.5, 0.6) is 0 Å². The molecule has 23 heavy (non-hydrogen) atoms. The average Bonchev–Trinajstić information content (AvgIpc) is 2.44. The van der Waals surface area contributed by atoms with E-state index in [1.807, 2.05) is 20.8 Å². The van der Waals surface area contributed by atoms with Crippen LogP contribution >= 0.6 is 0 Å². The van der Waals surface area contributed by atoms with Crippen LogP contribution in [-0.4, -0.2) is 45.7 Å². The number of amides is 1. The molecule has 1 aromatic carbocycles. The number of anilines is 1. The molecule has 0 saturated carbocycles. The number of quaternary nitrogens is 1. The maximum Gasteiger partial charge on any atom is 0.282 e. The molecule has 2 rings (SSSR count). The van der Waals surface area contributed by atoms with Gasteiger partial charge in [-0.3, -0.25) is 4.79 Å². The second-order valence-corrected chi connectivity index (χ2v) is 7.67. The molecule has 0 spiro atoms. The molecule has 1 fully saturated rings. The quantitative estimate of drug-likeness (QED) is 0.677. The minimum absolute atomic E-state index is 0.0242. The van der Waals surface area contributed by atoms with Crippen LogP contribution in [-0.2, 0) is 19.6 Å². The number of benzene rings is 1. The van der Waals surface area contributed by atoms with E-state index in [0.29, 0.717) is 5.69 Å². The van der Waals surface area contributed by atoms with Gasteiger partial charge in [0.2, 0.25) is 10.0 Å². The Morgan fingerprint density at radius 3 is 2.52 bits per heavy atom. The molecule has 1 aliphatic rings. The van der Waals surface area contributed by atoms with E-state index in [9.17, 15) is 13.2 Å². The molecule has 4 N–H and O–H groups in total. The van der Waals surface area contributed by atoms with E-state index in [4.69, 9.17) is 9.88 Å². The lowest BCUT2D eigenvalue weighted by Crippen LogP contribution is -3.19. The van der Waals surface area contributed by atoms with Crippen molar-refractivity contribution in [2.45, 2.75) is 43.9 Å². The number of nitrogens with one attached hydrogen (secondary N) is 2. The number of rotatable bonds is 4. The first kappa shape index (κ1) is 17.9. The zero-order valence-electron chi connectivity index (χ0n) is 13.6. The van der Waals surface area contributed by atoms with Gasteiger partial charge in [0.15, 0.2) is 6.04 Å². The smallest absolute Gasteiger partial charge is 0.282 e. The first-order chi connectivity index (χ1) is 10.7. The van der Waals surface area contributed by atoms with Gasteiger partial charge in [0.1, 0.15) is 25.3 Å². The van der Waals surface area contributed by atoms with Crippen LogP contribution in [0.2, 0.25) is 0 Å². The Balaban J connectivity index is 2.07. The lowest BCUT2D eigenvalue weighted by atomic mass is 10.1. The van der Waals surface area contributed by atoms with Crippen LogP contribution in [0.15, 0.2) is 29.2 Å². The highest BCUT2D eigenvalue weighted by Gasteiger charge is 2.32. The molecule has 128 valence electrons. The molecule has 0 unspecified atom stereocenters. The van der Waals surface area contributed by atoms with E-state index in [0.717, 1.165) is 18.0 Å². The van der Waals surface area contributed by atoms with E-state index in [-0.39, 0.29) is 29.1 Å². The van der Waals surface area contributed by atoms with Crippen LogP contribution in [0.1, 0.15) is 20.8 Å². The van der Waals surface area contributed by atoms with Crippen molar-refractivity contribution < 1.29 is 22.8 Å². The average molecular weight is 342 g/mol. The molecule has 0 aromatic heterocycles. The highest BCUT2D eigenvalue weighted by atomic mass is 32.2. The molecule has 1 aromatic rings. The summed E-state index contributed by atoms with van der Waals surface area (Å²) in [5.41, 5.74) is 0.419. The lowest BCUT2D eigenvalue weighted by Gasteiger charge is -2.35. The molecular weight excluding hydrogens is 318 g/mol. The van der Waals surface area contributed by atoms with E-state index in [1.54, 1.807) is 12.1 Å². The number of hydrogen-bond donors (Lipinski definition) is 3. The molecule has 1 aliphatic heterocycles. The summed E-state index contributed by atoms with van der Waals surface area (Å²) in [6.45, 7) is 7.37. The first-order valence-electron chi connectivity index (χ1n) is 7.60. The fraction of sp³-hybridized carbons (Fsp3) is 0.533. The number of carbonyl (C=O) groups is 1. The van der Waals surface area contributed by atoms with Gasteiger partial charge in [0.25, 0.3) is 5.91 Å². The Hall–Kier alpha value is -1.48. The van der Waals surface area contributed by atoms with Crippen molar-refractivity contribution in [1.82, 2.24) is 0 Å². The first-order valence-corrected chi connectivity index (χ1v) is 9.15. The Bertz CT molecular complexity index is 667. The monoisotopic (exact) mass is 342 g/mol. The predicted molar refractivity (Wildman–Crippen MR) is 86.6 cm³/mol. The normalized spacial score (nSPS) is 26.5. The summed E-state index contributed by atoms with van der Waals surface area (Å²) >= 11 is 0. The summed E-state index contributed by atoms with van der Waals surface area (Å²) < 4.78 is 28.4. The van der Waals surface area contributed by atoms with Crippen LogP contribution in [0, 0.1) is 0 Å². The highest BCUT2D eigenvalue weighted by Crippen LogP contribution is 2.14. The van der Waals surface area contributed by atoms with Gasteiger partial charge in [-0.25, -0.2) is 13.6 Å². The van der Waals surface area contributed by atoms with Crippen molar-refractivity contribution in [3.8, 4) is 0 Å². The number of ether oxygens (including phenoxy) is 1. The van der Waals surface area contributed by atoms with Gasteiger partial charge < -0.3 is 15.0 Å². The fourth-order valence-corrected chi connectivity index (χ4v) is 3.41. The maximum atomic E-state index is 12.4. The largest absolute Gasteiger partial charge is 0.364 e. The number of carbonyl (C=O) groups excluding carboxylic acids is 1. The Morgan fingerprint density at radius 2 is 1.96 bits per heavy atom. The maximum absolute atomic E-state index is 12.4. The minimum atomic E-state index is -3.79. The SMILES string of the molecule is C[C@H]1C[NH+]([C@@H](C)C(=O)Nc2cccc(S(N)(=O)=O)c2)C[C@H](C)O1. The van der Waals surface area contributed by atoms with Crippen molar-refractivity contribution in [2.75, 3.05) is 18.4 Å². The molecule has 1 heterocycles. The summed E-state index contributed by atoms with van der Waals surface area (Å²) in [4.78, 5) is 13.6. The van der Waals surface area contributed by atoms with Crippen LogP contribution < -0.4 is 15.4 Å². The second-order valence-electron chi connectivity index (χ2n) is 6.11. The molecule has 0 bridgehead atoms. The van der Waals surface area contributed by atoms with Crippen molar-refractivity contribution >= 4 is 21.6 Å². The van der Waals surface area contributed by atoms with Gasteiger partial charge in [0, 0.05) is 5.69 Å². The van der Waals surface area contributed by atoms with Crippen LogP contribution in [0.25, 0.3) is 0 Å². The van der Waals surface area contributed by atoms with Crippen LogP contribution in [0.4, 0.5) is 5.69 Å². The molecule has 0 radical (unpaired) electrons. The minimum Gasteiger partial charge on any atom is -0.364 e. The molecule has 1 amide bonds. The number of morpholine rings is 1. The van der Waals surface area contributed by atoms with Crippen molar-refractivity contribution in [3.05, 3.63) is 24.3 Å². The van der Waals surface area contributed by atoms with Crippen molar-refractivity contribution in [3.63, 3.8) is 0 Å². The zero-order chi connectivity index (χ0) is 17.2. The third-order valence-corrected chi connectivity index (χ3v) is 4.91. The Kier molecular flexibility index (Phi) is 5.41. The van der Waals surface area contributed by atoms with Gasteiger partial charge in [-0.15, -0.1) is 0 Å². The number of nitrogens with two attached hydrogens (primary N) is 1. The summed E-state index contributed by atoms with van der Waals surface area (Å²) in [6, 6.07) is 5.68. The van der Waals surface area contributed by atoms with Crippen LogP contribution in [0.3, 0.4) is 0 Å². The molecule has 3 atom stereocenters. The molecule has 7 nitrogen and oxygen atoms in total. The number of hydrogen-bond acceptors (Lipinski definition) is 4. The standard InChI is InChI=1S/C15H23N3O4S/c1-10-8-18(9-11(2)22-10)12(3)15(19)17-13-5-4-6-14(7-13)23(16,20)21/h4-7,10-12H,8-9H2,1-3H3,(H,17,19)(H2,16,20,21)/p+1/t10-,11-,12-/m0/s1. The Morgan fingerprint density at radius 1 is 1.35 bits per heavy atom. The van der Waals surface area contributed by atoms with Crippen molar-refractivity contribution in [1.29, 1.82) is 0 Å². The fourth-order valence-electron chi connectivity index (χ4n) is 2.85. The topological polar surface area (TPSA) is 103 Å². The molecule has 1 saturated heterocycles. The van der Waals surface area contributed by atoms with E-state index in [2.05, 4.69) is 5.32 Å². The van der Waals surface area contributed by atoms with Gasteiger partial charge in [-0.1, -0.05) is 6.07 Å². The lowest BCUT2D eigenvalue weighted by molar-refractivity contribution is -0.928. The third kappa shape index (κ3) is 4.74. The van der Waals surface area contributed by atoms with E-state index < -0.39 is 10.0 Å². The van der Waals surface area contributed by atoms with E-state index >= 15 is 0 Å². The van der Waals surface area contributed by atoms with Crippen molar-refractivity contribution in [2.24, 2.45) is 5.14 Å². The predicted octanol–water partition coefficient (Wildman–Crippen LogP) is -0.647. The van der Waals surface area contributed by atoms with Gasteiger partial charge >= 0.3 is 0 Å². The number of primary sulfonamides is 1. The van der Waals surface area contributed by atoms with Gasteiger partial charge in [0.05, 0.1) is 4.90 Å². The molecular formula is C15H24N3O4S+. The highest BCUT2D eigenvalue weighted by molar-refractivity contribution is 7.89.